The van der Waals surface area contributed by atoms with E-state index in [-0.39, 0.29) is 24.1 Å². The highest BCUT2D eigenvalue weighted by Crippen LogP contribution is 2.17. The predicted octanol–water partition coefficient (Wildman–Crippen LogP) is 1.07. The Balaban J connectivity index is 4.10. The number of ketones is 1. The van der Waals surface area contributed by atoms with Crippen LogP contribution in [0.3, 0.4) is 0 Å². The Labute approximate surface area is 121 Å². The number of Topliss-reactive ketones (excluding diaryl/α,β-unsaturated/α-hetero) is 1. The van der Waals surface area contributed by atoms with Gasteiger partial charge in [-0.15, -0.1) is 0 Å². The van der Waals surface area contributed by atoms with Crippen molar-refractivity contribution in [1.29, 1.82) is 0 Å². The Morgan fingerprint density at radius 3 is 2.30 bits per heavy atom. The van der Waals surface area contributed by atoms with E-state index >= 15 is 0 Å². The lowest BCUT2D eigenvalue weighted by Gasteiger charge is -2.13. The van der Waals surface area contributed by atoms with E-state index in [0.29, 0.717) is 19.4 Å². The van der Waals surface area contributed by atoms with E-state index in [2.05, 4.69) is 11.9 Å². The van der Waals surface area contributed by atoms with Crippen molar-refractivity contribution in [3.8, 4) is 0 Å². The summed E-state index contributed by atoms with van der Waals surface area (Å²) in [7, 11) is 0. The van der Waals surface area contributed by atoms with Crippen LogP contribution < -0.4 is 17.2 Å². The molecule has 0 saturated heterocycles. The second kappa shape index (κ2) is 11.3. The molecule has 0 rings (SSSR count). The van der Waals surface area contributed by atoms with Crippen LogP contribution in [0.5, 0.6) is 0 Å². The van der Waals surface area contributed by atoms with Crippen LogP contribution in [0.2, 0.25) is 0 Å². The Morgan fingerprint density at radius 1 is 1.05 bits per heavy atom. The Hall–Kier alpha value is -1.59. The number of hydrogen-bond acceptors (Lipinski definition) is 3. The maximum Gasteiger partial charge on any atom is 0.218 e. The van der Waals surface area contributed by atoms with E-state index in [1.165, 1.54) is 0 Å². The predicted molar refractivity (Wildman–Crippen MR) is 81.0 cm³/mol. The second-order valence-corrected chi connectivity index (χ2v) is 5.09. The minimum Gasteiger partial charge on any atom is -0.370 e. The van der Waals surface area contributed by atoms with E-state index in [4.69, 9.17) is 17.2 Å². The van der Waals surface area contributed by atoms with Crippen molar-refractivity contribution in [2.24, 2.45) is 28.1 Å². The summed E-state index contributed by atoms with van der Waals surface area (Å²) in [4.78, 5) is 27.0. The Morgan fingerprint density at radius 2 is 1.75 bits per heavy atom. The molecule has 0 heterocycles. The molecule has 20 heavy (non-hydrogen) atoms. The van der Waals surface area contributed by atoms with E-state index in [1.807, 2.05) is 0 Å². The zero-order chi connectivity index (χ0) is 15.4. The number of carbonyl (C=O) groups is 2. The SMILES string of the molecule is CCCCCC(=O)C(CCCCN=C(N)N)CC(N)=O. The number of nitrogens with two attached hydrogens (primary N) is 3. The lowest BCUT2D eigenvalue weighted by atomic mass is 9.90. The molecular weight excluding hydrogens is 256 g/mol. The summed E-state index contributed by atoms with van der Waals surface area (Å²) < 4.78 is 0. The first-order valence-corrected chi connectivity index (χ1v) is 7.33. The van der Waals surface area contributed by atoms with Crippen molar-refractivity contribution in [1.82, 2.24) is 0 Å². The molecule has 0 radical (unpaired) electrons. The van der Waals surface area contributed by atoms with Crippen molar-refractivity contribution in [3.05, 3.63) is 0 Å². The lowest BCUT2D eigenvalue weighted by molar-refractivity contribution is -0.128. The van der Waals surface area contributed by atoms with Crippen molar-refractivity contribution < 1.29 is 9.59 Å². The molecule has 0 aromatic heterocycles. The molecule has 116 valence electrons. The number of guanidine groups is 1. The number of hydrogen-bond donors (Lipinski definition) is 3. The number of nitrogens with zero attached hydrogens (tertiary/aromatic N) is 1. The molecule has 1 amide bonds. The third-order valence-electron chi connectivity index (χ3n) is 3.18. The molecule has 0 aliphatic heterocycles. The second-order valence-electron chi connectivity index (χ2n) is 5.09. The van der Waals surface area contributed by atoms with E-state index < -0.39 is 5.91 Å². The van der Waals surface area contributed by atoms with Crippen LogP contribution in [0.25, 0.3) is 0 Å². The van der Waals surface area contributed by atoms with Gasteiger partial charge in [-0.2, -0.15) is 0 Å². The van der Waals surface area contributed by atoms with Gasteiger partial charge in [0, 0.05) is 25.3 Å². The lowest BCUT2D eigenvalue weighted by Crippen LogP contribution is -2.23. The molecule has 0 spiro atoms. The largest absolute Gasteiger partial charge is 0.370 e. The number of rotatable bonds is 12. The number of primary amides is 1. The molecule has 6 N–H and O–H groups in total. The minimum atomic E-state index is -0.414. The molecule has 0 saturated carbocycles. The minimum absolute atomic E-state index is 0.0781. The number of aliphatic imine (C=N–C) groups is 1. The van der Waals surface area contributed by atoms with Crippen molar-refractivity contribution in [2.45, 2.75) is 58.3 Å². The summed E-state index contributed by atoms with van der Waals surface area (Å²) >= 11 is 0. The zero-order valence-electron chi connectivity index (χ0n) is 12.4. The number of carbonyl (C=O) groups excluding carboxylic acids is 2. The first kappa shape index (κ1) is 18.4. The van der Waals surface area contributed by atoms with Gasteiger partial charge in [0.15, 0.2) is 5.96 Å². The van der Waals surface area contributed by atoms with Gasteiger partial charge in [-0.25, -0.2) is 0 Å². The van der Waals surface area contributed by atoms with Crippen LogP contribution in [-0.4, -0.2) is 24.2 Å². The molecule has 6 heteroatoms. The summed E-state index contributed by atoms with van der Waals surface area (Å²) in [6.07, 6.45) is 5.98. The van der Waals surface area contributed by atoms with Crippen LogP contribution in [0.1, 0.15) is 58.3 Å². The number of unbranched alkanes of at least 4 members (excludes halogenated alkanes) is 3. The molecule has 0 fully saturated rings. The van der Waals surface area contributed by atoms with E-state index in [1.54, 1.807) is 0 Å². The summed E-state index contributed by atoms with van der Waals surface area (Å²) in [5.74, 6) is -0.431. The zero-order valence-corrected chi connectivity index (χ0v) is 12.4. The molecule has 0 bridgehead atoms. The maximum absolute atomic E-state index is 12.1. The first-order chi connectivity index (χ1) is 9.47. The highest BCUT2D eigenvalue weighted by atomic mass is 16.1. The van der Waals surface area contributed by atoms with Crippen LogP contribution in [-0.2, 0) is 9.59 Å². The van der Waals surface area contributed by atoms with Gasteiger partial charge >= 0.3 is 0 Å². The average Bonchev–Trinajstić information content (AvgIpc) is 2.36. The number of amides is 1. The smallest absolute Gasteiger partial charge is 0.218 e. The third-order valence-corrected chi connectivity index (χ3v) is 3.18. The van der Waals surface area contributed by atoms with Crippen LogP contribution in [0.15, 0.2) is 4.99 Å². The molecule has 0 aromatic rings. The average molecular weight is 284 g/mol. The summed E-state index contributed by atoms with van der Waals surface area (Å²) in [6.45, 7) is 2.64. The normalized spacial score (nSPS) is 11.8. The molecular formula is C14H28N4O2. The molecule has 1 unspecified atom stereocenters. The fourth-order valence-electron chi connectivity index (χ4n) is 2.08. The third kappa shape index (κ3) is 10.3. The van der Waals surface area contributed by atoms with Gasteiger partial charge in [-0.1, -0.05) is 26.2 Å². The monoisotopic (exact) mass is 284 g/mol. The van der Waals surface area contributed by atoms with Gasteiger partial charge in [-0.05, 0) is 19.3 Å². The first-order valence-electron chi connectivity index (χ1n) is 7.33. The Kier molecular flexibility index (Phi) is 10.4. The highest BCUT2D eigenvalue weighted by molar-refractivity contribution is 5.86. The molecule has 0 aliphatic carbocycles. The van der Waals surface area contributed by atoms with Crippen LogP contribution >= 0.6 is 0 Å². The summed E-state index contributed by atoms with van der Waals surface area (Å²) in [6, 6.07) is 0. The summed E-state index contributed by atoms with van der Waals surface area (Å²) in [5.41, 5.74) is 15.7. The van der Waals surface area contributed by atoms with Gasteiger partial charge in [0.25, 0.3) is 0 Å². The fourth-order valence-corrected chi connectivity index (χ4v) is 2.08. The quantitative estimate of drug-likeness (QED) is 0.281. The van der Waals surface area contributed by atoms with Crippen LogP contribution in [0.4, 0.5) is 0 Å². The highest BCUT2D eigenvalue weighted by Gasteiger charge is 2.19. The van der Waals surface area contributed by atoms with Crippen LogP contribution in [0, 0.1) is 5.92 Å². The molecule has 0 aromatic carbocycles. The summed E-state index contributed by atoms with van der Waals surface area (Å²) in [5, 5.41) is 0. The standard InChI is InChI=1S/C14H28N4O2/c1-2-3-4-8-12(19)11(10-13(15)20)7-5-6-9-18-14(16)17/h11H,2-10H2,1H3,(H2,15,20)(H4,16,17,18). The van der Waals surface area contributed by atoms with Crippen molar-refractivity contribution >= 4 is 17.6 Å². The van der Waals surface area contributed by atoms with E-state index in [9.17, 15) is 9.59 Å². The fraction of sp³-hybridized carbons (Fsp3) is 0.786. The van der Waals surface area contributed by atoms with Gasteiger partial charge in [0.1, 0.15) is 5.78 Å². The van der Waals surface area contributed by atoms with Gasteiger partial charge in [0.2, 0.25) is 5.91 Å². The topological polar surface area (TPSA) is 125 Å². The van der Waals surface area contributed by atoms with E-state index in [0.717, 1.165) is 32.1 Å². The molecule has 1 atom stereocenters. The van der Waals surface area contributed by atoms with Crippen molar-refractivity contribution in [3.63, 3.8) is 0 Å². The maximum atomic E-state index is 12.1. The van der Waals surface area contributed by atoms with Crippen molar-refractivity contribution in [2.75, 3.05) is 6.54 Å². The van der Waals surface area contributed by atoms with Gasteiger partial charge in [0.05, 0.1) is 0 Å². The van der Waals surface area contributed by atoms with Gasteiger partial charge < -0.3 is 17.2 Å². The Bertz CT molecular complexity index is 325. The molecule has 0 aliphatic rings. The van der Waals surface area contributed by atoms with Gasteiger partial charge in [-0.3, -0.25) is 14.6 Å². The molecule has 6 nitrogen and oxygen atoms in total.